The first-order valence-electron chi connectivity index (χ1n) is 5.91. The number of rotatable bonds is 4. The van der Waals surface area contributed by atoms with E-state index in [-0.39, 0.29) is 11.6 Å². The number of aromatic nitrogens is 1. The summed E-state index contributed by atoms with van der Waals surface area (Å²) in [5.74, 6) is -0.150. The molecule has 0 saturated carbocycles. The zero-order valence-electron chi connectivity index (χ0n) is 10.8. The minimum absolute atomic E-state index is 0.0740. The van der Waals surface area contributed by atoms with E-state index in [9.17, 15) is 9.59 Å². The molecule has 0 spiro atoms. The van der Waals surface area contributed by atoms with E-state index in [4.69, 9.17) is 0 Å². The van der Waals surface area contributed by atoms with Gasteiger partial charge in [-0.1, -0.05) is 0 Å². The second-order valence-electron chi connectivity index (χ2n) is 4.68. The fraction of sp³-hybridized carbons (Fsp3) is 0.462. The summed E-state index contributed by atoms with van der Waals surface area (Å²) in [6, 6.07) is 0. The van der Waals surface area contributed by atoms with Gasteiger partial charge < -0.3 is 4.90 Å². The first kappa shape index (κ1) is 13.1. The molecule has 1 aliphatic rings. The molecule has 1 aromatic rings. The highest BCUT2D eigenvalue weighted by Crippen LogP contribution is 2.27. The third-order valence-electron chi connectivity index (χ3n) is 2.82. The molecule has 0 aliphatic heterocycles. The molecule has 96 valence electrons. The summed E-state index contributed by atoms with van der Waals surface area (Å²) in [4.78, 5) is 30.8. The molecule has 0 N–H and O–H groups in total. The Labute approximate surface area is 110 Å². The molecule has 0 radical (unpaired) electrons. The van der Waals surface area contributed by atoms with Crippen molar-refractivity contribution in [2.24, 2.45) is 0 Å². The van der Waals surface area contributed by atoms with E-state index < -0.39 is 0 Å². The quantitative estimate of drug-likeness (QED) is 0.835. The van der Waals surface area contributed by atoms with Gasteiger partial charge in [-0.15, -0.1) is 11.3 Å². The second-order valence-corrected chi connectivity index (χ2v) is 5.88. The number of ketones is 2. The Kier molecular flexibility index (Phi) is 3.73. The van der Waals surface area contributed by atoms with Gasteiger partial charge in [0.25, 0.3) is 0 Å². The van der Waals surface area contributed by atoms with Gasteiger partial charge in [-0.2, -0.15) is 0 Å². The van der Waals surface area contributed by atoms with Crippen molar-refractivity contribution in [3.05, 3.63) is 27.2 Å². The van der Waals surface area contributed by atoms with E-state index in [0.717, 1.165) is 18.0 Å². The standard InChI is InChI=1S/C13H16N2O2S/c1-8-14-11-12(17)9(5-4-6-15(2)3)7-10(16)13(11)18-8/h7H,4-6H2,1-3H3. The van der Waals surface area contributed by atoms with Crippen LogP contribution in [-0.4, -0.2) is 42.1 Å². The number of carbonyl (C=O) groups excluding carboxylic acids is 2. The molecule has 0 fully saturated rings. The van der Waals surface area contributed by atoms with Gasteiger partial charge in [-0.25, -0.2) is 4.98 Å². The predicted octanol–water partition coefficient (Wildman–Crippen LogP) is 2.10. The molecular formula is C13H16N2O2S. The van der Waals surface area contributed by atoms with Crippen LogP contribution in [0.2, 0.25) is 0 Å². The molecule has 4 nitrogen and oxygen atoms in total. The van der Waals surface area contributed by atoms with E-state index in [1.54, 1.807) is 0 Å². The van der Waals surface area contributed by atoms with Crippen molar-refractivity contribution >= 4 is 22.9 Å². The fourth-order valence-corrected chi connectivity index (χ4v) is 2.79. The van der Waals surface area contributed by atoms with Crippen LogP contribution in [0.25, 0.3) is 0 Å². The van der Waals surface area contributed by atoms with Crippen LogP contribution in [0.4, 0.5) is 0 Å². The van der Waals surface area contributed by atoms with Crippen molar-refractivity contribution in [2.45, 2.75) is 19.8 Å². The average molecular weight is 264 g/mol. The van der Waals surface area contributed by atoms with E-state index >= 15 is 0 Å². The third-order valence-corrected chi connectivity index (χ3v) is 3.81. The Hall–Kier alpha value is -1.33. The summed E-state index contributed by atoms with van der Waals surface area (Å²) < 4.78 is 0. The highest BCUT2D eigenvalue weighted by Gasteiger charge is 2.28. The van der Waals surface area contributed by atoms with Gasteiger partial charge >= 0.3 is 0 Å². The number of Topliss-reactive ketones (excluding diaryl/α,β-unsaturated/α-hetero) is 1. The van der Waals surface area contributed by atoms with Crippen molar-refractivity contribution < 1.29 is 9.59 Å². The molecule has 18 heavy (non-hydrogen) atoms. The molecule has 0 bridgehead atoms. The maximum Gasteiger partial charge on any atom is 0.209 e. The highest BCUT2D eigenvalue weighted by atomic mass is 32.1. The number of thiazole rings is 1. The van der Waals surface area contributed by atoms with Crippen LogP contribution in [0.1, 0.15) is 38.0 Å². The first-order chi connectivity index (χ1) is 8.49. The zero-order chi connectivity index (χ0) is 13.3. The summed E-state index contributed by atoms with van der Waals surface area (Å²) in [7, 11) is 3.98. The lowest BCUT2D eigenvalue weighted by Gasteiger charge is -2.12. The van der Waals surface area contributed by atoms with E-state index in [1.165, 1.54) is 17.4 Å². The monoisotopic (exact) mass is 264 g/mol. The minimum atomic E-state index is -0.0762. The minimum Gasteiger partial charge on any atom is -0.309 e. The van der Waals surface area contributed by atoms with Crippen LogP contribution in [0.5, 0.6) is 0 Å². The SMILES string of the molecule is Cc1nc2c(s1)C(=O)C=C(CCCN(C)C)C2=O. The van der Waals surface area contributed by atoms with Crippen molar-refractivity contribution in [1.29, 1.82) is 0 Å². The van der Waals surface area contributed by atoms with Gasteiger partial charge in [-0.05, 0) is 46.5 Å². The van der Waals surface area contributed by atoms with Gasteiger partial charge in [0.15, 0.2) is 5.78 Å². The molecular weight excluding hydrogens is 248 g/mol. The van der Waals surface area contributed by atoms with E-state index in [0.29, 0.717) is 22.6 Å². The average Bonchev–Trinajstić information content (AvgIpc) is 2.67. The van der Waals surface area contributed by atoms with Gasteiger partial charge in [0, 0.05) is 5.57 Å². The van der Waals surface area contributed by atoms with Crippen molar-refractivity contribution in [2.75, 3.05) is 20.6 Å². The highest BCUT2D eigenvalue weighted by molar-refractivity contribution is 7.14. The molecule has 1 aromatic heterocycles. The van der Waals surface area contributed by atoms with E-state index in [1.807, 2.05) is 21.0 Å². The molecule has 0 amide bonds. The number of carbonyl (C=O) groups is 2. The summed E-state index contributed by atoms with van der Waals surface area (Å²) in [5.41, 5.74) is 0.949. The Morgan fingerprint density at radius 2 is 2.06 bits per heavy atom. The number of fused-ring (bicyclic) bond motifs is 1. The third kappa shape index (κ3) is 2.57. The Bertz CT molecular complexity index is 529. The number of aryl methyl sites for hydroxylation is 1. The number of allylic oxidation sites excluding steroid dienone is 2. The van der Waals surface area contributed by atoms with Crippen LogP contribution >= 0.6 is 11.3 Å². The summed E-state index contributed by atoms with van der Waals surface area (Å²) in [5, 5.41) is 0.768. The maximum atomic E-state index is 12.2. The number of nitrogens with zero attached hydrogens (tertiary/aromatic N) is 2. The Balaban J connectivity index is 2.15. The van der Waals surface area contributed by atoms with Gasteiger partial charge in [-0.3, -0.25) is 9.59 Å². The lowest BCUT2D eigenvalue weighted by molar-refractivity contribution is 0.0980. The number of hydrogen-bond donors (Lipinski definition) is 0. The van der Waals surface area contributed by atoms with Crippen LogP contribution in [0.3, 0.4) is 0 Å². The predicted molar refractivity (Wildman–Crippen MR) is 71.4 cm³/mol. The van der Waals surface area contributed by atoms with Gasteiger partial charge in [0.1, 0.15) is 10.6 Å². The largest absolute Gasteiger partial charge is 0.309 e. The molecule has 1 aliphatic carbocycles. The second kappa shape index (κ2) is 5.12. The topological polar surface area (TPSA) is 50.3 Å². The molecule has 0 saturated heterocycles. The summed E-state index contributed by atoms with van der Waals surface area (Å²) in [6.07, 6.45) is 2.99. The Morgan fingerprint density at radius 1 is 1.33 bits per heavy atom. The van der Waals surface area contributed by atoms with Crippen molar-refractivity contribution in [3.8, 4) is 0 Å². The molecule has 0 unspecified atom stereocenters. The van der Waals surface area contributed by atoms with Crippen LogP contribution < -0.4 is 0 Å². The summed E-state index contributed by atoms with van der Waals surface area (Å²) >= 11 is 1.30. The number of hydrogen-bond acceptors (Lipinski definition) is 5. The van der Waals surface area contributed by atoms with Crippen molar-refractivity contribution in [1.82, 2.24) is 9.88 Å². The Morgan fingerprint density at radius 3 is 2.72 bits per heavy atom. The smallest absolute Gasteiger partial charge is 0.209 e. The van der Waals surface area contributed by atoms with Gasteiger partial charge in [0.2, 0.25) is 5.78 Å². The molecule has 0 aromatic carbocycles. The van der Waals surface area contributed by atoms with E-state index in [2.05, 4.69) is 9.88 Å². The van der Waals surface area contributed by atoms with Crippen molar-refractivity contribution in [3.63, 3.8) is 0 Å². The maximum absolute atomic E-state index is 12.2. The van der Waals surface area contributed by atoms with Crippen LogP contribution in [0.15, 0.2) is 11.6 Å². The summed E-state index contributed by atoms with van der Waals surface area (Å²) in [6.45, 7) is 2.72. The van der Waals surface area contributed by atoms with Crippen LogP contribution in [-0.2, 0) is 0 Å². The normalized spacial score (nSPS) is 15.0. The molecule has 0 atom stereocenters. The lowest BCUT2D eigenvalue weighted by Crippen LogP contribution is -2.18. The van der Waals surface area contributed by atoms with Crippen LogP contribution in [0, 0.1) is 6.92 Å². The zero-order valence-corrected chi connectivity index (χ0v) is 11.6. The van der Waals surface area contributed by atoms with Gasteiger partial charge in [0.05, 0.1) is 5.01 Å². The molecule has 1 heterocycles. The lowest BCUT2D eigenvalue weighted by atomic mass is 9.95. The fourth-order valence-electron chi connectivity index (χ4n) is 1.96. The first-order valence-corrected chi connectivity index (χ1v) is 6.72. The molecule has 2 rings (SSSR count). The molecule has 5 heteroatoms.